The molecule has 7 heteroatoms. The molecular formula is C23H29NO5S. The number of ether oxygens (including phenoxy) is 1. The molecule has 0 saturated heterocycles. The normalized spacial score (nSPS) is 14.8. The molecule has 1 fully saturated rings. The van der Waals surface area contributed by atoms with Crippen molar-refractivity contribution >= 4 is 21.4 Å². The van der Waals surface area contributed by atoms with Crippen molar-refractivity contribution < 1.29 is 23.1 Å². The molecule has 2 N–H and O–H groups in total. The average Bonchev–Trinajstić information content (AvgIpc) is 3.21. The van der Waals surface area contributed by atoms with Crippen molar-refractivity contribution in [3.8, 4) is 17.2 Å². The zero-order chi connectivity index (χ0) is 22.1. The Kier molecular flexibility index (Phi) is 6.41. The molecule has 1 saturated carbocycles. The molecule has 0 heterocycles. The Balaban J connectivity index is 1.89. The van der Waals surface area contributed by atoms with Crippen LogP contribution in [0.25, 0.3) is 0 Å². The van der Waals surface area contributed by atoms with Crippen LogP contribution in [0.15, 0.2) is 35.2 Å². The molecule has 30 heavy (non-hydrogen) atoms. The lowest BCUT2D eigenvalue weighted by molar-refractivity contribution is -0.118. The molecule has 1 aliphatic rings. The van der Waals surface area contributed by atoms with Crippen LogP contribution in [0.5, 0.6) is 17.2 Å². The SMILES string of the molecule is Cc1cc(NC(=O)C(C)C)cc(C)c1Oc1ccc(O)c(S(=O)(=O)C2CCCC2)c1. The molecule has 0 aromatic heterocycles. The van der Waals surface area contributed by atoms with Crippen molar-refractivity contribution in [1.82, 2.24) is 0 Å². The van der Waals surface area contributed by atoms with Gasteiger partial charge in [0.1, 0.15) is 22.1 Å². The third-order valence-electron chi connectivity index (χ3n) is 5.45. The molecule has 1 amide bonds. The molecule has 0 unspecified atom stereocenters. The van der Waals surface area contributed by atoms with Gasteiger partial charge in [-0.05, 0) is 62.1 Å². The molecule has 0 radical (unpaired) electrons. The number of sulfone groups is 1. The topological polar surface area (TPSA) is 92.7 Å². The number of aryl methyl sites for hydroxylation is 2. The minimum Gasteiger partial charge on any atom is -0.507 e. The fraction of sp³-hybridized carbons (Fsp3) is 0.435. The van der Waals surface area contributed by atoms with E-state index in [1.54, 1.807) is 6.07 Å². The Hall–Kier alpha value is -2.54. The molecule has 2 aromatic carbocycles. The number of carbonyl (C=O) groups is 1. The van der Waals surface area contributed by atoms with E-state index < -0.39 is 15.1 Å². The molecule has 1 aliphatic carbocycles. The average molecular weight is 432 g/mol. The number of hydrogen-bond donors (Lipinski definition) is 2. The van der Waals surface area contributed by atoms with Crippen molar-refractivity contribution in [1.29, 1.82) is 0 Å². The monoisotopic (exact) mass is 431 g/mol. The number of phenols is 1. The fourth-order valence-corrected chi connectivity index (χ4v) is 5.70. The lowest BCUT2D eigenvalue weighted by atomic mass is 10.1. The van der Waals surface area contributed by atoms with E-state index in [-0.39, 0.29) is 22.5 Å². The summed E-state index contributed by atoms with van der Waals surface area (Å²) in [6, 6.07) is 7.95. The van der Waals surface area contributed by atoms with Crippen LogP contribution < -0.4 is 10.1 Å². The highest BCUT2D eigenvalue weighted by Gasteiger charge is 2.32. The predicted molar refractivity (Wildman–Crippen MR) is 117 cm³/mol. The quantitative estimate of drug-likeness (QED) is 0.663. The van der Waals surface area contributed by atoms with Gasteiger partial charge in [0, 0.05) is 17.7 Å². The van der Waals surface area contributed by atoms with Crippen molar-refractivity contribution in [2.75, 3.05) is 5.32 Å². The van der Waals surface area contributed by atoms with Gasteiger partial charge in [0.25, 0.3) is 0 Å². The van der Waals surface area contributed by atoms with Crippen molar-refractivity contribution in [3.63, 3.8) is 0 Å². The zero-order valence-electron chi connectivity index (χ0n) is 17.9. The molecule has 0 spiro atoms. The van der Waals surface area contributed by atoms with Gasteiger partial charge < -0.3 is 15.2 Å². The summed E-state index contributed by atoms with van der Waals surface area (Å²) in [7, 11) is -3.61. The third-order valence-corrected chi connectivity index (χ3v) is 7.74. The van der Waals surface area contributed by atoms with E-state index in [2.05, 4.69) is 5.32 Å². The summed E-state index contributed by atoms with van der Waals surface area (Å²) in [5.41, 5.74) is 2.30. The second-order valence-corrected chi connectivity index (χ2v) is 10.5. The van der Waals surface area contributed by atoms with Gasteiger partial charge in [-0.1, -0.05) is 26.7 Å². The maximum atomic E-state index is 12.9. The van der Waals surface area contributed by atoms with Crippen LogP contribution in [0.3, 0.4) is 0 Å². The summed E-state index contributed by atoms with van der Waals surface area (Å²) in [5.74, 6) is 0.484. The zero-order valence-corrected chi connectivity index (χ0v) is 18.7. The van der Waals surface area contributed by atoms with Crippen LogP contribution in [0, 0.1) is 19.8 Å². The lowest BCUT2D eigenvalue weighted by Gasteiger charge is -2.17. The Morgan fingerprint density at radius 1 is 1.10 bits per heavy atom. The number of aromatic hydroxyl groups is 1. The van der Waals surface area contributed by atoms with Crippen LogP contribution >= 0.6 is 0 Å². The Bertz CT molecular complexity index is 1030. The standard InChI is InChI=1S/C23H29NO5S/c1-14(2)23(26)24-17-11-15(3)22(16(4)12-17)29-18-9-10-20(25)21(13-18)30(27,28)19-7-5-6-8-19/h9-14,19,25H,5-8H2,1-4H3,(H,24,26). The summed E-state index contributed by atoms with van der Waals surface area (Å²) in [4.78, 5) is 11.9. The van der Waals surface area contributed by atoms with Gasteiger partial charge in [-0.3, -0.25) is 4.79 Å². The van der Waals surface area contributed by atoms with E-state index in [4.69, 9.17) is 4.74 Å². The van der Waals surface area contributed by atoms with Gasteiger partial charge in [-0.2, -0.15) is 0 Å². The van der Waals surface area contributed by atoms with E-state index in [9.17, 15) is 18.3 Å². The summed E-state index contributed by atoms with van der Waals surface area (Å²) < 4.78 is 31.9. The lowest BCUT2D eigenvalue weighted by Crippen LogP contribution is -2.18. The van der Waals surface area contributed by atoms with Crippen molar-refractivity contribution in [2.45, 2.75) is 63.5 Å². The highest BCUT2D eigenvalue weighted by molar-refractivity contribution is 7.92. The van der Waals surface area contributed by atoms with E-state index in [1.165, 1.54) is 12.1 Å². The number of rotatable bonds is 6. The number of hydrogen-bond acceptors (Lipinski definition) is 5. The molecule has 0 aliphatic heterocycles. The Labute approximate surface area is 178 Å². The predicted octanol–water partition coefficient (Wildman–Crippen LogP) is 5.11. The molecule has 6 nitrogen and oxygen atoms in total. The van der Waals surface area contributed by atoms with Gasteiger partial charge in [0.15, 0.2) is 9.84 Å². The number of amides is 1. The molecule has 162 valence electrons. The maximum Gasteiger partial charge on any atom is 0.226 e. The summed E-state index contributed by atoms with van der Waals surface area (Å²) in [6.07, 6.45) is 3.02. The minimum absolute atomic E-state index is 0.0669. The van der Waals surface area contributed by atoms with Crippen LogP contribution in [0.4, 0.5) is 5.69 Å². The van der Waals surface area contributed by atoms with Crippen molar-refractivity contribution in [2.24, 2.45) is 5.92 Å². The summed E-state index contributed by atoms with van der Waals surface area (Å²) in [5, 5.41) is 12.6. The molecule has 2 aromatic rings. The van der Waals surface area contributed by atoms with Crippen LogP contribution in [-0.2, 0) is 14.6 Å². The van der Waals surface area contributed by atoms with E-state index >= 15 is 0 Å². The summed E-state index contributed by atoms with van der Waals surface area (Å²) >= 11 is 0. The smallest absolute Gasteiger partial charge is 0.226 e. The number of carbonyl (C=O) groups excluding carboxylic acids is 1. The second kappa shape index (κ2) is 8.68. The van der Waals surface area contributed by atoms with Crippen LogP contribution in [0.2, 0.25) is 0 Å². The second-order valence-electron chi connectivity index (χ2n) is 8.27. The highest BCUT2D eigenvalue weighted by Crippen LogP contribution is 2.38. The summed E-state index contributed by atoms with van der Waals surface area (Å²) in [6.45, 7) is 7.39. The first-order chi connectivity index (χ1) is 14.1. The first-order valence-electron chi connectivity index (χ1n) is 10.3. The van der Waals surface area contributed by atoms with E-state index in [0.29, 0.717) is 30.0 Å². The van der Waals surface area contributed by atoms with Crippen LogP contribution in [-0.4, -0.2) is 24.7 Å². The number of anilines is 1. The van der Waals surface area contributed by atoms with Crippen LogP contribution in [0.1, 0.15) is 50.7 Å². The van der Waals surface area contributed by atoms with Gasteiger partial charge in [-0.15, -0.1) is 0 Å². The maximum absolute atomic E-state index is 12.9. The minimum atomic E-state index is -3.61. The van der Waals surface area contributed by atoms with Crippen molar-refractivity contribution in [3.05, 3.63) is 41.5 Å². The largest absolute Gasteiger partial charge is 0.507 e. The van der Waals surface area contributed by atoms with E-state index in [0.717, 1.165) is 24.0 Å². The number of nitrogens with one attached hydrogen (secondary N) is 1. The number of benzene rings is 2. The van der Waals surface area contributed by atoms with Gasteiger partial charge in [0.05, 0.1) is 5.25 Å². The molecule has 3 rings (SSSR count). The molecule has 0 bridgehead atoms. The van der Waals surface area contributed by atoms with E-state index in [1.807, 2.05) is 39.8 Å². The highest BCUT2D eigenvalue weighted by atomic mass is 32.2. The fourth-order valence-electron chi connectivity index (χ4n) is 3.75. The number of phenolic OH excluding ortho intramolecular Hbond substituents is 1. The van der Waals surface area contributed by atoms with Gasteiger partial charge in [-0.25, -0.2) is 8.42 Å². The first-order valence-corrected chi connectivity index (χ1v) is 11.8. The Morgan fingerprint density at radius 2 is 1.70 bits per heavy atom. The first kappa shape index (κ1) is 22.2. The van der Waals surface area contributed by atoms with Gasteiger partial charge in [0.2, 0.25) is 5.91 Å². The third kappa shape index (κ3) is 4.61. The molecule has 0 atom stereocenters. The molecular weight excluding hydrogens is 402 g/mol. The van der Waals surface area contributed by atoms with Gasteiger partial charge >= 0.3 is 0 Å². The Morgan fingerprint density at radius 3 is 2.27 bits per heavy atom.